The van der Waals surface area contributed by atoms with E-state index in [1.54, 1.807) is 8.61 Å². The molecule has 0 spiro atoms. The van der Waals surface area contributed by atoms with E-state index in [1.165, 1.54) is 0 Å². The monoisotopic (exact) mass is 317 g/mol. The van der Waals surface area contributed by atoms with Gasteiger partial charge >= 0.3 is 0 Å². The van der Waals surface area contributed by atoms with Gasteiger partial charge in [-0.1, -0.05) is 13.8 Å². The number of rotatable bonds is 5. The Bertz CT molecular complexity index is 419. The summed E-state index contributed by atoms with van der Waals surface area (Å²) in [6.45, 7) is 6.18. The summed E-state index contributed by atoms with van der Waals surface area (Å²) >= 11 is 0. The smallest absolute Gasteiger partial charge is 0.282 e. The van der Waals surface area contributed by atoms with Gasteiger partial charge in [0.2, 0.25) is 0 Å². The van der Waals surface area contributed by atoms with Crippen LogP contribution in [0.4, 0.5) is 0 Å². The van der Waals surface area contributed by atoms with Crippen LogP contribution >= 0.6 is 0 Å². The first-order valence-electron chi connectivity index (χ1n) is 8.47. The molecule has 0 aromatic heterocycles. The molecule has 2 N–H and O–H groups in total. The van der Waals surface area contributed by atoms with Crippen LogP contribution in [-0.2, 0) is 10.2 Å². The van der Waals surface area contributed by atoms with Crippen LogP contribution in [0.25, 0.3) is 0 Å². The van der Waals surface area contributed by atoms with Gasteiger partial charge in [0.25, 0.3) is 10.2 Å². The third-order valence-corrected chi connectivity index (χ3v) is 6.89. The average Bonchev–Trinajstić information content (AvgIpc) is 2.46. The van der Waals surface area contributed by atoms with E-state index >= 15 is 0 Å². The molecule has 1 heterocycles. The molecular weight excluding hydrogens is 286 g/mol. The molecule has 2 rings (SSSR count). The van der Waals surface area contributed by atoms with Crippen LogP contribution in [0.2, 0.25) is 0 Å². The fourth-order valence-electron chi connectivity index (χ4n) is 3.60. The van der Waals surface area contributed by atoms with Gasteiger partial charge in [0.1, 0.15) is 0 Å². The van der Waals surface area contributed by atoms with Crippen LogP contribution in [-0.4, -0.2) is 48.7 Å². The molecule has 124 valence electrons. The zero-order valence-corrected chi connectivity index (χ0v) is 14.3. The molecule has 1 atom stereocenters. The van der Waals surface area contributed by atoms with Crippen LogP contribution in [0.1, 0.15) is 58.8 Å². The van der Waals surface area contributed by atoms with Crippen LogP contribution < -0.4 is 5.73 Å². The Morgan fingerprint density at radius 2 is 1.86 bits per heavy atom. The highest BCUT2D eigenvalue weighted by Crippen LogP contribution is 2.28. The van der Waals surface area contributed by atoms with Crippen molar-refractivity contribution >= 4 is 10.2 Å². The maximum absolute atomic E-state index is 13.0. The molecule has 1 saturated heterocycles. The number of hydrogen-bond donors (Lipinski definition) is 1. The van der Waals surface area contributed by atoms with E-state index in [1.807, 2.05) is 0 Å². The summed E-state index contributed by atoms with van der Waals surface area (Å²) in [5.74, 6) is 0.469. The van der Waals surface area contributed by atoms with Crippen LogP contribution in [0, 0.1) is 5.92 Å². The van der Waals surface area contributed by atoms with Crippen molar-refractivity contribution in [2.45, 2.75) is 70.9 Å². The molecule has 0 bridgehead atoms. The molecule has 1 saturated carbocycles. The van der Waals surface area contributed by atoms with E-state index < -0.39 is 10.2 Å². The molecule has 6 heteroatoms. The van der Waals surface area contributed by atoms with E-state index in [0.29, 0.717) is 25.6 Å². The molecule has 5 nitrogen and oxygen atoms in total. The molecular formula is C15H31N3O2S. The minimum Gasteiger partial charge on any atom is -0.328 e. The first-order valence-corrected chi connectivity index (χ1v) is 9.87. The van der Waals surface area contributed by atoms with E-state index in [9.17, 15) is 8.42 Å². The van der Waals surface area contributed by atoms with Gasteiger partial charge in [0.15, 0.2) is 0 Å². The summed E-state index contributed by atoms with van der Waals surface area (Å²) in [5.41, 5.74) is 5.96. The second-order valence-corrected chi connectivity index (χ2v) is 8.67. The van der Waals surface area contributed by atoms with Gasteiger partial charge in [0.05, 0.1) is 0 Å². The molecule has 0 radical (unpaired) electrons. The normalized spacial score (nSPS) is 32.5. The van der Waals surface area contributed by atoms with Gasteiger partial charge in [-0.2, -0.15) is 17.0 Å². The third-order valence-electron chi connectivity index (χ3n) is 4.84. The Kier molecular flexibility index (Phi) is 6.05. The fraction of sp³-hybridized carbons (Fsp3) is 1.00. The predicted molar refractivity (Wildman–Crippen MR) is 86.1 cm³/mol. The first kappa shape index (κ1) is 17.2. The summed E-state index contributed by atoms with van der Waals surface area (Å²) in [5, 5.41) is 0. The van der Waals surface area contributed by atoms with E-state index in [-0.39, 0.29) is 12.1 Å². The molecule has 1 aliphatic heterocycles. The summed E-state index contributed by atoms with van der Waals surface area (Å²) in [4.78, 5) is 0. The summed E-state index contributed by atoms with van der Waals surface area (Å²) in [7, 11) is -3.31. The number of nitrogens with zero attached hydrogens (tertiary/aromatic N) is 2. The minimum absolute atomic E-state index is 0.145. The molecule has 2 aliphatic rings. The zero-order chi connectivity index (χ0) is 15.5. The molecule has 1 unspecified atom stereocenters. The average molecular weight is 317 g/mol. The Labute approximate surface area is 130 Å². The first-order chi connectivity index (χ1) is 9.95. The van der Waals surface area contributed by atoms with Gasteiger partial charge in [-0.3, -0.25) is 0 Å². The Balaban J connectivity index is 2.11. The van der Waals surface area contributed by atoms with Gasteiger partial charge in [-0.25, -0.2) is 0 Å². The largest absolute Gasteiger partial charge is 0.328 e. The Morgan fingerprint density at radius 1 is 1.19 bits per heavy atom. The highest BCUT2D eigenvalue weighted by Gasteiger charge is 2.37. The molecule has 2 fully saturated rings. The van der Waals surface area contributed by atoms with E-state index in [0.717, 1.165) is 44.9 Å². The van der Waals surface area contributed by atoms with Crippen molar-refractivity contribution < 1.29 is 8.42 Å². The molecule has 0 aromatic carbocycles. The van der Waals surface area contributed by atoms with Crippen molar-refractivity contribution in [3.63, 3.8) is 0 Å². The van der Waals surface area contributed by atoms with Crippen LogP contribution in [0.3, 0.4) is 0 Å². The van der Waals surface area contributed by atoms with Crippen molar-refractivity contribution in [3.05, 3.63) is 0 Å². The minimum atomic E-state index is -3.31. The van der Waals surface area contributed by atoms with Crippen molar-refractivity contribution in [3.8, 4) is 0 Å². The molecule has 0 aromatic rings. The Morgan fingerprint density at radius 3 is 2.43 bits per heavy atom. The second kappa shape index (κ2) is 7.40. The van der Waals surface area contributed by atoms with E-state index in [2.05, 4.69) is 13.8 Å². The number of nitrogens with two attached hydrogens (primary N) is 1. The molecule has 1 aliphatic carbocycles. The maximum Gasteiger partial charge on any atom is 0.282 e. The van der Waals surface area contributed by atoms with Crippen molar-refractivity contribution in [1.82, 2.24) is 8.61 Å². The lowest BCUT2D eigenvalue weighted by Gasteiger charge is -2.40. The summed E-state index contributed by atoms with van der Waals surface area (Å²) in [6.07, 6.45) is 6.68. The summed E-state index contributed by atoms with van der Waals surface area (Å²) in [6, 6.07) is 0.398. The topological polar surface area (TPSA) is 66.6 Å². The second-order valence-electron chi connectivity index (χ2n) is 6.79. The Hall–Kier alpha value is -0.170. The van der Waals surface area contributed by atoms with Gasteiger partial charge in [-0.05, 0) is 50.9 Å². The van der Waals surface area contributed by atoms with Crippen LogP contribution in [0.15, 0.2) is 0 Å². The highest BCUT2D eigenvalue weighted by molar-refractivity contribution is 7.86. The van der Waals surface area contributed by atoms with Gasteiger partial charge in [0, 0.05) is 31.7 Å². The highest BCUT2D eigenvalue weighted by atomic mass is 32.2. The van der Waals surface area contributed by atoms with E-state index in [4.69, 9.17) is 5.73 Å². The SMILES string of the molecule is CCCN(C1CCC(N)CC1)S(=O)(=O)N1CCCC(C)C1. The lowest BCUT2D eigenvalue weighted by atomic mass is 9.92. The fourth-order valence-corrected chi connectivity index (χ4v) is 5.70. The maximum atomic E-state index is 13.0. The predicted octanol–water partition coefficient (Wildman–Crippen LogP) is 1.95. The van der Waals surface area contributed by atoms with Crippen molar-refractivity contribution in [2.24, 2.45) is 11.7 Å². The number of piperidine rings is 1. The molecule has 0 amide bonds. The van der Waals surface area contributed by atoms with Gasteiger partial charge < -0.3 is 5.73 Å². The van der Waals surface area contributed by atoms with Gasteiger partial charge in [-0.15, -0.1) is 0 Å². The summed E-state index contributed by atoms with van der Waals surface area (Å²) < 4.78 is 29.5. The zero-order valence-electron chi connectivity index (χ0n) is 13.5. The van der Waals surface area contributed by atoms with Crippen molar-refractivity contribution in [2.75, 3.05) is 19.6 Å². The third kappa shape index (κ3) is 4.18. The van der Waals surface area contributed by atoms with Crippen molar-refractivity contribution in [1.29, 1.82) is 0 Å². The lowest BCUT2D eigenvalue weighted by Crippen LogP contribution is -2.52. The number of hydrogen-bond acceptors (Lipinski definition) is 3. The standard InChI is InChI=1S/C15H31N3O2S/c1-3-10-18(15-8-6-14(16)7-9-15)21(19,20)17-11-4-5-13(2)12-17/h13-15H,3-12,16H2,1-2H3. The lowest BCUT2D eigenvalue weighted by molar-refractivity contribution is 0.206. The quantitative estimate of drug-likeness (QED) is 0.843. The molecule has 21 heavy (non-hydrogen) atoms. The van der Waals surface area contributed by atoms with Crippen LogP contribution in [0.5, 0.6) is 0 Å².